The van der Waals surface area contributed by atoms with Crippen molar-refractivity contribution in [3.63, 3.8) is 0 Å². The van der Waals surface area contributed by atoms with Crippen LogP contribution >= 0.6 is 0 Å². The highest BCUT2D eigenvalue weighted by Gasteiger charge is 2.30. The second-order valence-corrected chi connectivity index (χ2v) is 10.2. The van der Waals surface area contributed by atoms with Crippen LogP contribution in [0.1, 0.15) is 45.4 Å². The van der Waals surface area contributed by atoms with Crippen LogP contribution in [-0.2, 0) is 27.8 Å². The van der Waals surface area contributed by atoms with E-state index in [4.69, 9.17) is 14.2 Å². The Morgan fingerprint density at radius 2 is 1.83 bits per heavy atom. The number of nitrogens with zero attached hydrogens (tertiary/aromatic N) is 1. The summed E-state index contributed by atoms with van der Waals surface area (Å²) in [6.45, 7) is 7.11. The molecule has 0 atom stereocenters. The SMILES string of the molecule is CCOC(=O)c1[nH]c(C)c(CN(Cc2ccc3c(c2)OCO3)S(=O)(=O)c2cc(F)ccc2C)c1C. The summed E-state index contributed by atoms with van der Waals surface area (Å²) in [6.07, 6.45) is 0. The number of ether oxygens (including phenoxy) is 3. The van der Waals surface area contributed by atoms with Gasteiger partial charge in [-0.3, -0.25) is 0 Å². The van der Waals surface area contributed by atoms with E-state index in [9.17, 15) is 17.6 Å². The van der Waals surface area contributed by atoms with Gasteiger partial charge < -0.3 is 19.2 Å². The molecule has 0 radical (unpaired) electrons. The van der Waals surface area contributed by atoms with Crippen LogP contribution in [0.4, 0.5) is 4.39 Å². The van der Waals surface area contributed by atoms with Gasteiger partial charge in [-0.15, -0.1) is 0 Å². The lowest BCUT2D eigenvalue weighted by atomic mass is 10.1. The van der Waals surface area contributed by atoms with E-state index < -0.39 is 21.8 Å². The molecule has 3 aromatic rings. The predicted octanol–water partition coefficient (Wildman–Crippen LogP) is 4.38. The molecule has 1 N–H and O–H groups in total. The lowest BCUT2D eigenvalue weighted by Gasteiger charge is -2.24. The molecule has 0 saturated carbocycles. The number of carbonyl (C=O) groups excluding carboxylic acids is 1. The van der Waals surface area contributed by atoms with Crippen LogP contribution < -0.4 is 9.47 Å². The smallest absolute Gasteiger partial charge is 0.355 e. The minimum absolute atomic E-state index is 0.00622. The number of benzene rings is 2. The van der Waals surface area contributed by atoms with E-state index in [1.54, 1.807) is 45.9 Å². The Morgan fingerprint density at radius 1 is 1.09 bits per heavy atom. The standard InChI is InChI=1S/C25H27FN2O6S/c1-5-32-25(29)24-16(3)20(17(4)27-24)13-28(12-18-7-9-21-22(10-18)34-14-33-21)35(30,31)23-11-19(26)8-6-15(23)2/h6-11,27H,5,12-14H2,1-4H3. The van der Waals surface area contributed by atoms with Crippen LogP contribution in [0.5, 0.6) is 11.5 Å². The van der Waals surface area contributed by atoms with Gasteiger partial charge in [-0.2, -0.15) is 4.31 Å². The number of hydrogen-bond donors (Lipinski definition) is 1. The van der Waals surface area contributed by atoms with Gasteiger partial charge in [0.15, 0.2) is 11.5 Å². The van der Waals surface area contributed by atoms with E-state index in [2.05, 4.69) is 4.98 Å². The zero-order chi connectivity index (χ0) is 25.3. The van der Waals surface area contributed by atoms with Crippen molar-refractivity contribution in [2.24, 2.45) is 0 Å². The molecule has 0 unspecified atom stereocenters. The highest BCUT2D eigenvalue weighted by atomic mass is 32.2. The third kappa shape index (κ3) is 4.89. The van der Waals surface area contributed by atoms with Gasteiger partial charge in [0.2, 0.25) is 16.8 Å². The summed E-state index contributed by atoms with van der Waals surface area (Å²) in [5.74, 6) is -0.0396. The summed E-state index contributed by atoms with van der Waals surface area (Å²) in [6, 6.07) is 8.90. The van der Waals surface area contributed by atoms with Crippen molar-refractivity contribution < 1.29 is 31.8 Å². The summed E-state index contributed by atoms with van der Waals surface area (Å²) in [5, 5.41) is 0. The molecule has 2 aromatic carbocycles. The summed E-state index contributed by atoms with van der Waals surface area (Å²) >= 11 is 0. The number of esters is 1. The first-order valence-electron chi connectivity index (χ1n) is 11.1. The third-order valence-corrected chi connectivity index (χ3v) is 7.90. The van der Waals surface area contributed by atoms with Crippen LogP contribution in [0.15, 0.2) is 41.3 Å². The lowest BCUT2D eigenvalue weighted by Crippen LogP contribution is -2.31. The largest absolute Gasteiger partial charge is 0.461 e. The van der Waals surface area contributed by atoms with Gasteiger partial charge in [0.1, 0.15) is 11.5 Å². The van der Waals surface area contributed by atoms with Gasteiger partial charge in [0.25, 0.3) is 0 Å². The first-order chi connectivity index (χ1) is 16.6. The number of aryl methyl sites for hydroxylation is 2. The van der Waals surface area contributed by atoms with Crippen molar-refractivity contribution in [2.45, 2.75) is 45.7 Å². The number of aromatic nitrogens is 1. The minimum Gasteiger partial charge on any atom is -0.461 e. The molecule has 0 amide bonds. The van der Waals surface area contributed by atoms with E-state index in [1.807, 2.05) is 0 Å². The summed E-state index contributed by atoms with van der Waals surface area (Å²) < 4.78 is 58.9. The van der Waals surface area contributed by atoms with Gasteiger partial charge in [0, 0.05) is 18.8 Å². The fraction of sp³-hybridized carbons (Fsp3) is 0.320. The highest BCUT2D eigenvalue weighted by Crippen LogP contribution is 2.34. The second-order valence-electron chi connectivity index (χ2n) is 8.32. The van der Waals surface area contributed by atoms with E-state index in [0.29, 0.717) is 39.4 Å². The average Bonchev–Trinajstić information content (AvgIpc) is 3.39. The Labute approximate surface area is 203 Å². The molecule has 0 spiro atoms. The Kier molecular flexibility index (Phi) is 6.86. The molecule has 1 aliphatic rings. The van der Waals surface area contributed by atoms with Gasteiger partial charge in [-0.1, -0.05) is 12.1 Å². The quantitative estimate of drug-likeness (QED) is 0.459. The minimum atomic E-state index is -4.13. The molecule has 1 aliphatic heterocycles. The van der Waals surface area contributed by atoms with Crippen LogP contribution in [0, 0.1) is 26.6 Å². The molecule has 0 bridgehead atoms. The van der Waals surface area contributed by atoms with E-state index in [0.717, 1.165) is 6.07 Å². The molecule has 4 rings (SSSR count). The Balaban J connectivity index is 1.76. The molecule has 1 aromatic heterocycles. The van der Waals surface area contributed by atoms with Crippen molar-refractivity contribution in [3.8, 4) is 11.5 Å². The van der Waals surface area contributed by atoms with Crippen LogP contribution in [0.3, 0.4) is 0 Å². The summed E-state index contributed by atoms with van der Waals surface area (Å²) in [7, 11) is -4.13. The molecule has 0 aliphatic carbocycles. The topological polar surface area (TPSA) is 97.9 Å². The normalized spacial score (nSPS) is 12.9. The maximum atomic E-state index is 14.1. The zero-order valence-electron chi connectivity index (χ0n) is 20.0. The van der Waals surface area contributed by atoms with Crippen molar-refractivity contribution >= 4 is 16.0 Å². The Bertz CT molecular complexity index is 1380. The van der Waals surface area contributed by atoms with E-state index in [1.165, 1.54) is 16.4 Å². The van der Waals surface area contributed by atoms with Gasteiger partial charge in [-0.05, 0) is 74.2 Å². The number of nitrogens with one attached hydrogen (secondary N) is 1. The molecular formula is C25H27FN2O6S. The fourth-order valence-electron chi connectivity index (χ4n) is 4.07. The number of fused-ring (bicyclic) bond motifs is 1. The monoisotopic (exact) mass is 502 g/mol. The summed E-state index contributed by atoms with van der Waals surface area (Å²) in [5.41, 5.74) is 3.27. The highest BCUT2D eigenvalue weighted by molar-refractivity contribution is 7.89. The van der Waals surface area contributed by atoms with Crippen molar-refractivity contribution in [1.82, 2.24) is 9.29 Å². The molecular weight excluding hydrogens is 475 g/mol. The van der Waals surface area contributed by atoms with Crippen molar-refractivity contribution in [2.75, 3.05) is 13.4 Å². The molecule has 2 heterocycles. The number of aromatic amines is 1. The van der Waals surface area contributed by atoms with E-state index >= 15 is 0 Å². The molecule has 8 nitrogen and oxygen atoms in total. The first kappa shape index (κ1) is 24.7. The number of H-pyrrole nitrogens is 1. The molecule has 0 saturated heterocycles. The van der Waals surface area contributed by atoms with E-state index in [-0.39, 0.29) is 37.1 Å². The van der Waals surface area contributed by atoms with Gasteiger partial charge in [-0.25, -0.2) is 17.6 Å². The molecule has 0 fully saturated rings. The number of hydrogen-bond acceptors (Lipinski definition) is 6. The Morgan fingerprint density at radius 3 is 2.57 bits per heavy atom. The zero-order valence-corrected chi connectivity index (χ0v) is 20.8. The summed E-state index contributed by atoms with van der Waals surface area (Å²) in [4.78, 5) is 15.3. The lowest BCUT2D eigenvalue weighted by molar-refractivity contribution is 0.0519. The number of halogens is 1. The van der Waals surface area contributed by atoms with Crippen LogP contribution in [-0.4, -0.2) is 37.1 Å². The maximum absolute atomic E-state index is 14.1. The molecule has 35 heavy (non-hydrogen) atoms. The van der Waals surface area contributed by atoms with Gasteiger partial charge >= 0.3 is 5.97 Å². The third-order valence-electron chi connectivity index (χ3n) is 5.97. The number of rotatable bonds is 8. The molecule has 10 heteroatoms. The number of carbonyl (C=O) groups is 1. The van der Waals surface area contributed by atoms with Crippen LogP contribution in [0.2, 0.25) is 0 Å². The maximum Gasteiger partial charge on any atom is 0.355 e. The van der Waals surface area contributed by atoms with Crippen molar-refractivity contribution in [1.29, 1.82) is 0 Å². The second kappa shape index (κ2) is 9.71. The fourth-order valence-corrected chi connectivity index (χ4v) is 5.70. The van der Waals surface area contributed by atoms with Crippen LogP contribution in [0.25, 0.3) is 0 Å². The predicted molar refractivity (Wildman–Crippen MR) is 126 cm³/mol. The van der Waals surface area contributed by atoms with Gasteiger partial charge in [0.05, 0.1) is 11.5 Å². The molecule has 186 valence electrons. The first-order valence-corrected chi connectivity index (χ1v) is 12.6. The average molecular weight is 503 g/mol. The number of sulfonamides is 1. The van der Waals surface area contributed by atoms with Crippen molar-refractivity contribution in [3.05, 3.63) is 75.9 Å². The Hall–Kier alpha value is -3.37.